The van der Waals surface area contributed by atoms with E-state index in [0.717, 1.165) is 5.52 Å². The second-order valence-electron chi connectivity index (χ2n) is 5.01. The number of carbonyl (C=O) groups excluding carboxylic acids is 1. The number of esters is 1. The van der Waals surface area contributed by atoms with Gasteiger partial charge in [0, 0.05) is 4.91 Å². The van der Waals surface area contributed by atoms with Crippen LogP contribution in [0, 0.1) is 0 Å². The molecule has 3 aromatic rings. The molecule has 2 aromatic heterocycles. The van der Waals surface area contributed by atoms with Crippen LogP contribution in [0.2, 0.25) is 5.02 Å². The van der Waals surface area contributed by atoms with Crippen molar-refractivity contribution < 1.29 is 9.53 Å². The molecule has 3 rings (SSSR count). The molecule has 0 radical (unpaired) electrons. The summed E-state index contributed by atoms with van der Waals surface area (Å²) < 4.78 is 6.79. The number of imidazole rings is 1. The number of hydrogen-bond donors (Lipinski definition) is 0. The van der Waals surface area contributed by atoms with Gasteiger partial charge in [-0.05, 0) is 41.7 Å². The maximum Gasteiger partial charge on any atom is 0.343 e. The summed E-state index contributed by atoms with van der Waals surface area (Å²) in [6.07, 6.45) is 0.488. The van der Waals surface area contributed by atoms with Gasteiger partial charge >= 0.3 is 5.97 Å². The van der Waals surface area contributed by atoms with Crippen molar-refractivity contribution in [2.45, 2.75) is 20.3 Å². The minimum Gasteiger partial charge on any atom is -0.462 e. The SMILES string of the molecule is CCOC(=O)c1c(Cl)c(CC)c(N=[N+]=[N-])n2c1nc1ccccc12. The molecule has 1 aromatic carbocycles. The first-order valence-corrected chi connectivity index (χ1v) is 7.85. The smallest absolute Gasteiger partial charge is 0.343 e. The lowest BCUT2D eigenvalue weighted by Gasteiger charge is -2.14. The predicted molar refractivity (Wildman–Crippen MR) is 91.8 cm³/mol. The Kier molecular flexibility index (Phi) is 4.29. The number of azide groups is 1. The number of benzene rings is 1. The molecule has 0 unspecified atom stereocenters. The topological polar surface area (TPSA) is 92.4 Å². The van der Waals surface area contributed by atoms with E-state index in [2.05, 4.69) is 15.0 Å². The van der Waals surface area contributed by atoms with Gasteiger partial charge in [0.2, 0.25) is 0 Å². The van der Waals surface area contributed by atoms with Crippen LogP contribution in [0.25, 0.3) is 27.1 Å². The molecule has 0 aliphatic heterocycles. The van der Waals surface area contributed by atoms with Crippen LogP contribution in [-0.2, 0) is 11.2 Å². The number of pyridine rings is 1. The lowest BCUT2D eigenvalue weighted by Crippen LogP contribution is -2.10. The zero-order valence-electron chi connectivity index (χ0n) is 13.2. The Bertz CT molecular complexity index is 1000. The van der Waals surface area contributed by atoms with Gasteiger partial charge in [-0.3, -0.25) is 4.40 Å². The second-order valence-corrected chi connectivity index (χ2v) is 5.39. The van der Waals surface area contributed by atoms with Crippen LogP contribution in [0.1, 0.15) is 29.8 Å². The summed E-state index contributed by atoms with van der Waals surface area (Å²) in [6.45, 7) is 3.82. The summed E-state index contributed by atoms with van der Waals surface area (Å²) in [4.78, 5) is 19.8. The molecule has 0 atom stereocenters. The Morgan fingerprint density at radius 1 is 1.42 bits per heavy atom. The van der Waals surface area contributed by atoms with Gasteiger partial charge in [0.25, 0.3) is 0 Å². The number of carbonyl (C=O) groups is 1. The Morgan fingerprint density at radius 3 is 2.83 bits per heavy atom. The number of halogens is 1. The standard InChI is InChI=1S/C16H14ClN5O2/c1-3-9-13(17)12(16(23)24-4-2)15-19-10-7-5-6-8-11(10)22(15)14(9)20-21-18/h5-8H,3-4H2,1-2H3. The summed E-state index contributed by atoms with van der Waals surface area (Å²) in [7, 11) is 0. The van der Waals surface area contributed by atoms with Crippen molar-refractivity contribution in [3.63, 3.8) is 0 Å². The summed E-state index contributed by atoms with van der Waals surface area (Å²) in [5.74, 6) is -0.216. The summed E-state index contributed by atoms with van der Waals surface area (Å²) in [5.41, 5.74) is 11.4. The van der Waals surface area contributed by atoms with E-state index in [1.807, 2.05) is 31.2 Å². The minimum absolute atomic E-state index is 0.184. The highest BCUT2D eigenvalue weighted by Gasteiger charge is 2.25. The van der Waals surface area contributed by atoms with Crippen molar-refractivity contribution in [3.8, 4) is 0 Å². The Labute approximate surface area is 142 Å². The lowest BCUT2D eigenvalue weighted by atomic mass is 10.1. The van der Waals surface area contributed by atoms with Crippen LogP contribution < -0.4 is 0 Å². The van der Waals surface area contributed by atoms with Crippen LogP contribution >= 0.6 is 11.6 Å². The van der Waals surface area contributed by atoms with Gasteiger partial charge < -0.3 is 4.74 Å². The lowest BCUT2D eigenvalue weighted by molar-refractivity contribution is 0.0528. The molecule has 0 fully saturated rings. The average molecular weight is 344 g/mol. The quantitative estimate of drug-likeness (QED) is 0.294. The second kappa shape index (κ2) is 6.39. The maximum absolute atomic E-state index is 12.4. The molecule has 0 spiro atoms. The molecule has 2 heterocycles. The fraction of sp³-hybridized carbons (Fsp3) is 0.250. The Hall–Kier alpha value is -2.76. The van der Waals surface area contributed by atoms with Gasteiger partial charge in [-0.25, -0.2) is 9.78 Å². The first kappa shape index (κ1) is 16.1. The van der Waals surface area contributed by atoms with E-state index in [-0.39, 0.29) is 17.2 Å². The van der Waals surface area contributed by atoms with Crippen molar-refractivity contribution in [2.75, 3.05) is 6.61 Å². The van der Waals surface area contributed by atoms with Crippen molar-refractivity contribution in [3.05, 3.63) is 50.9 Å². The van der Waals surface area contributed by atoms with E-state index in [9.17, 15) is 4.79 Å². The average Bonchev–Trinajstić information content (AvgIpc) is 2.94. The third-order valence-electron chi connectivity index (χ3n) is 3.72. The Morgan fingerprint density at radius 2 is 2.17 bits per heavy atom. The molecule has 0 aliphatic carbocycles. The number of nitrogens with zero attached hydrogens (tertiary/aromatic N) is 5. The van der Waals surface area contributed by atoms with Gasteiger partial charge in [0.1, 0.15) is 11.4 Å². The van der Waals surface area contributed by atoms with Crippen molar-refractivity contribution in [1.82, 2.24) is 9.38 Å². The highest BCUT2D eigenvalue weighted by Crippen LogP contribution is 2.36. The van der Waals surface area contributed by atoms with Crippen LogP contribution in [0.3, 0.4) is 0 Å². The van der Waals surface area contributed by atoms with Gasteiger partial charge in [-0.1, -0.05) is 30.7 Å². The van der Waals surface area contributed by atoms with E-state index in [1.54, 1.807) is 11.3 Å². The van der Waals surface area contributed by atoms with Gasteiger partial charge in [0.05, 0.1) is 22.7 Å². The zero-order chi connectivity index (χ0) is 17.3. The maximum atomic E-state index is 12.4. The molecule has 0 bridgehead atoms. The van der Waals surface area contributed by atoms with Crippen molar-refractivity contribution >= 4 is 40.1 Å². The minimum atomic E-state index is -0.551. The first-order valence-electron chi connectivity index (χ1n) is 7.47. The third-order valence-corrected chi connectivity index (χ3v) is 4.14. The van der Waals surface area contributed by atoms with Crippen molar-refractivity contribution in [2.24, 2.45) is 5.11 Å². The number of hydrogen-bond acceptors (Lipinski definition) is 4. The molecule has 122 valence electrons. The van der Waals surface area contributed by atoms with Gasteiger partial charge in [0.15, 0.2) is 5.65 Å². The van der Waals surface area contributed by atoms with Crippen molar-refractivity contribution in [1.29, 1.82) is 0 Å². The van der Waals surface area contributed by atoms with Crippen LogP contribution in [0.5, 0.6) is 0 Å². The fourth-order valence-corrected chi connectivity index (χ4v) is 3.11. The molecular weight excluding hydrogens is 330 g/mol. The third kappa shape index (κ3) is 2.35. The van der Waals surface area contributed by atoms with Gasteiger partial charge in [-0.15, -0.1) is 0 Å². The summed E-state index contributed by atoms with van der Waals surface area (Å²) in [6, 6.07) is 7.35. The van der Waals surface area contributed by atoms with Crippen LogP contribution in [-0.4, -0.2) is 22.0 Å². The van der Waals surface area contributed by atoms with Crippen LogP contribution in [0.4, 0.5) is 5.82 Å². The van der Waals surface area contributed by atoms with E-state index in [0.29, 0.717) is 29.0 Å². The molecular formula is C16H14ClN5O2. The Balaban J connectivity index is 2.56. The molecule has 0 saturated heterocycles. The summed E-state index contributed by atoms with van der Waals surface area (Å²) in [5, 5.41) is 4.01. The van der Waals surface area contributed by atoms with E-state index in [4.69, 9.17) is 21.9 Å². The van der Waals surface area contributed by atoms with E-state index < -0.39 is 5.97 Å². The molecule has 0 amide bonds. The number of rotatable bonds is 4. The number of ether oxygens (including phenoxy) is 1. The number of aromatic nitrogens is 2. The monoisotopic (exact) mass is 343 g/mol. The number of para-hydroxylation sites is 2. The molecule has 7 nitrogen and oxygen atoms in total. The summed E-state index contributed by atoms with van der Waals surface area (Å²) >= 11 is 6.45. The number of fused-ring (bicyclic) bond motifs is 3. The molecule has 24 heavy (non-hydrogen) atoms. The van der Waals surface area contributed by atoms with Crippen LogP contribution in [0.15, 0.2) is 29.4 Å². The predicted octanol–water partition coefficient (Wildman–Crippen LogP) is 4.82. The normalized spacial score (nSPS) is 10.8. The zero-order valence-corrected chi connectivity index (χ0v) is 13.9. The molecule has 0 aliphatic rings. The highest BCUT2D eigenvalue weighted by atomic mass is 35.5. The van der Waals surface area contributed by atoms with E-state index in [1.165, 1.54) is 0 Å². The molecule has 0 saturated carbocycles. The highest BCUT2D eigenvalue weighted by molar-refractivity contribution is 6.35. The fourth-order valence-electron chi connectivity index (χ4n) is 2.74. The van der Waals surface area contributed by atoms with E-state index >= 15 is 0 Å². The largest absolute Gasteiger partial charge is 0.462 e. The molecule has 8 heteroatoms. The first-order chi connectivity index (χ1) is 11.6. The molecule has 0 N–H and O–H groups in total. The van der Waals surface area contributed by atoms with Gasteiger partial charge in [-0.2, -0.15) is 0 Å².